The molecular formula is C22H20N4O4S. The lowest BCUT2D eigenvalue weighted by molar-refractivity contribution is -0.114. The zero-order valence-corrected chi connectivity index (χ0v) is 17.8. The Morgan fingerprint density at radius 1 is 1.23 bits per heavy atom. The van der Waals surface area contributed by atoms with Crippen LogP contribution < -0.4 is 16.0 Å². The van der Waals surface area contributed by atoms with Crippen molar-refractivity contribution in [2.75, 3.05) is 12.3 Å². The minimum atomic E-state index is -0.475. The summed E-state index contributed by atoms with van der Waals surface area (Å²) in [6, 6.07) is 7.70. The predicted molar refractivity (Wildman–Crippen MR) is 119 cm³/mol. The topological polar surface area (TPSA) is 109 Å². The summed E-state index contributed by atoms with van der Waals surface area (Å²) in [5, 5.41) is 5.07. The lowest BCUT2D eigenvalue weighted by Gasteiger charge is -2.10. The SMILES string of the molecule is CCOC1=CC(=Cc2c(N)n3nc(COc4cccc(C)c4)sc3nc2=O)C=CC1=O. The maximum atomic E-state index is 12.6. The van der Waals surface area contributed by atoms with E-state index in [1.165, 1.54) is 21.9 Å². The fourth-order valence-electron chi connectivity index (χ4n) is 3.01. The van der Waals surface area contributed by atoms with Gasteiger partial charge in [-0.05, 0) is 55.3 Å². The smallest absolute Gasteiger partial charge is 0.283 e. The normalized spacial score (nSPS) is 14.8. The lowest BCUT2D eigenvalue weighted by atomic mass is 10.0. The Morgan fingerprint density at radius 3 is 2.84 bits per heavy atom. The van der Waals surface area contributed by atoms with Crippen LogP contribution in [0.2, 0.25) is 0 Å². The first-order valence-electron chi connectivity index (χ1n) is 9.61. The molecule has 0 radical (unpaired) electrons. The Kier molecular flexibility index (Phi) is 5.68. The van der Waals surface area contributed by atoms with E-state index in [0.29, 0.717) is 22.1 Å². The average molecular weight is 436 g/mol. The Hall–Kier alpha value is -3.72. The Balaban J connectivity index is 1.64. The molecule has 158 valence electrons. The van der Waals surface area contributed by atoms with Gasteiger partial charge in [0, 0.05) is 0 Å². The molecule has 3 aromatic rings. The maximum absolute atomic E-state index is 12.6. The number of hydrogen-bond acceptors (Lipinski definition) is 8. The van der Waals surface area contributed by atoms with E-state index in [4.69, 9.17) is 15.2 Å². The van der Waals surface area contributed by atoms with E-state index in [-0.39, 0.29) is 29.5 Å². The molecule has 0 saturated carbocycles. The summed E-state index contributed by atoms with van der Waals surface area (Å²) >= 11 is 1.24. The minimum Gasteiger partial charge on any atom is -0.490 e. The summed E-state index contributed by atoms with van der Waals surface area (Å²) in [5.41, 5.74) is 7.65. The number of ketones is 1. The number of nitrogens with zero attached hydrogens (tertiary/aromatic N) is 3. The molecule has 2 aromatic heterocycles. The molecule has 8 nitrogen and oxygen atoms in total. The van der Waals surface area contributed by atoms with Crippen LogP contribution in [0.15, 0.2) is 58.6 Å². The molecular weight excluding hydrogens is 416 g/mol. The standard InChI is InChI=1S/C22H20N4O4S/c1-3-29-18-11-14(7-8-17(18)27)10-16-20(23)26-22(24-21(16)28)31-19(25-26)12-30-15-6-4-5-13(2)9-15/h4-11H,3,12,23H2,1-2H3. The van der Waals surface area contributed by atoms with Gasteiger partial charge in [-0.1, -0.05) is 29.5 Å². The van der Waals surface area contributed by atoms with E-state index in [2.05, 4.69) is 10.1 Å². The van der Waals surface area contributed by atoms with Crippen LogP contribution in [0.4, 0.5) is 5.82 Å². The van der Waals surface area contributed by atoms with Crippen molar-refractivity contribution in [3.63, 3.8) is 0 Å². The number of benzene rings is 1. The van der Waals surface area contributed by atoms with E-state index >= 15 is 0 Å². The van der Waals surface area contributed by atoms with Gasteiger partial charge in [-0.3, -0.25) is 9.59 Å². The summed E-state index contributed by atoms with van der Waals surface area (Å²) in [6.07, 6.45) is 6.13. The lowest BCUT2D eigenvalue weighted by Crippen LogP contribution is -2.17. The second kappa shape index (κ2) is 8.57. The second-order valence-corrected chi connectivity index (χ2v) is 7.84. The molecule has 2 N–H and O–H groups in total. The van der Waals surface area contributed by atoms with Crippen LogP contribution in [0, 0.1) is 6.92 Å². The molecule has 0 fully saturated rings. The van der Waals surface area contributed by atoms with Crippen molar-refractivity contribution in [1.82, 2.24) is 14.6 Å². The van der Waals surface area contributed by atoms with Gasteiger partial charge in [-0.2, -0.15) is 14.6 Å². The summed E-state index contributed by atoms with van der Waals surface area (Å²) in [4.78, 5) is 28.9. The van der Waals surface area contributed by atoms with E-state index in [9.17, 15) is 9.59 Å². The van der Waals surface area contributed by atoms with E-state index < -0.39 is 5.56 Å². The number of anilines is 1. The Labute approximate surface area is 181 Å². The third-order valence-electron chi connectivity index (χ3n) is 4.46. The number of fused-ring (bicyclic) bond motifs is 1. The van der Waals surface area contributed by atoms with Gasteiger partial charge in [0.05, 0.1) is 12.2 Å². The molecule has 0 aliphatic heterocycles. The van der Waals surface area contributed by atoms with Gasteiger partial charge in [0.15, 0.2) is 10.8 Å². The molecule has 0 spiro atoms. The number of allylic oxidation sites excluding steroid dienone is 4. The summed E-state index contributed by atoms with van der Waals surface area (Å²) in [6.45, 7) is 4.37. The molecule has 1 aliphatic rings. The van der Waals surface area contributed by atoms with Gasteiger partial charge in [0.2, 0.25) is 10.7 Å². The van der Waals surface area contributed by atoms with Gasteiger partial charge >= 0.3 is 0 Å². The summed E-state index contributed by atoms with van der Waals surface area (Å²) < 4.78 is 12.5. The average Bonchev–Trinajstić information content (AvgIpc) is 3.15. The van der Waals surface area contributed by atoms with Crippen LogP contribution in [0.25, 0.3) is 11.0 Å². The highest BCUT2D eigenvalue weighted by atomic mass is 32.1. The fraction of sp³-hybridized carbons (Fsp3) is 0.182. The molecule has 1 aliphatic carbocycles. The molecule has 31 heavy (non-hydrogen) atoms. The molecule has 9 heteroatoms. The van der Waals surface area contributed by atoms with Crippen LogP contribution in [-0.2, 0) is 16.1 Å². The van der Waals surface area contributed by atoms with Crippen LogP contribution >= 0.6 is 11.3 Å². The third kappa shape index (κ3) is 4.41. The molecule has 2 heterocycles. The Morgan fingerprint density at radius 2 is 2.06 bits per heavy atom. The summed E-state index contributed by atoms with van der Waals surface area (Å²) in [7, 11) is 0. The predicted octanol–water partition coefficient (Wildman–Crippen LogP) is 3.06. The molecule has 0 saturated heterocycles. The number of aryl methyl sites for hydroxylation is 1. The van der Waals surface area contributed by atoms with Gasteiger partial charge in [0.1, 0.15) is 18.2 Å². The third-order valence-corrected chi connectivity index (χ3v) is 5.35. The highest BCUT2D eigenvalue weighted by molar-refractivity contribution is 7.16. The van der Waals surface area contributed by atoms with Gasteiger partial charge in [0.25, 0.3) is 5.56 Å². The molecule has 4 rings (SSSR count). The van der Waals surface area contributed by atoms with Crippen molar-refractivity contribution < 1.29 is 14.3 Å². The molecule has 0 bridgehead atoms. The highest BCUT2D eigenvalue weighted by Crippen LogP contribution is 2.22. The van der Waals surface area contributed by atoms with Crippen molar-refractivity contribution in [2.24, 2.45) is 0 Å². The van der Waals surface area contributed by atoms with Crippen molar-refractivity contribution in [2.45, 2.75) is 20.5 Å². The summed E-state index contributed by atoms with van der Waals surface area (Å²) in [5.74, 6) is 0.885. The number of ether oxygens (including phenoxy) is 2. The quantitative estimate of drug-likeness (QED) is 0.632. The number of rotatable bonds is 6. The van der Waals surface area contributed by atoms with E-state index in [1.807, 2.05) is 31.2 Å². The first-order valence-corrected chi connectivity index (χ1v) is 10.4. The fourth-order valence-corrected chi connectivity index (χ4v) is 3.82. The number of nitrogen functional groups attached to an aromatic ring is 1. The van der Waals surface area contributed by atoms with Gasteiger partial charge < -0.3 is 15.2 Å². The molecule has 0 amide bonds. The maximum Gasteiger partial charge on any atom is 0.283 e. The number of hydrogen-bond donors (Lipinski definition) is 1. The Bertz CT molecular complexity index is 1320. The van der Waals surface area contributed by atoms with Crippen molar-refractivity contribution >= 4 is 34.0 Å². The van der Waals surface area contributed by atoms with Crippen LogP contribution in [-0.4, -0.2) is 27.0 Å². The number of nitrogens with two attached hydrogens (primary N) is 1. The van der Waals surface area contributed by atoms with Crippen LogP contribution in [0.1, 0.15) is 23.1 Å². The monoisotopic (exact) mass is 436 g/mol. The van der Waals surface area contributed by atoms with Gasteiger partial charge in [-0.15, -0.1) is 0 Å². The van der Waals surface area contributed by atoms with Crippen molar-refractivity contribution in [1.29, 1.82) is 0 Å². The van der Waals surface area contributed by atoms with E-state index in [1.54, 1.807) is 25.2 Å². The second-order valence-electron chi connectivity index (χ2n) is 6.79. The minimum absolute atomic E-state index is 0.164. The number of carbonyl (C=O) groups excluding carboxylic acids is 1. The zero-order chi connectivity index (χ0) is 22.0. The molecule has 1 aromatic carbocycles. The van der Waals surface area contributed by atoms with Gasteiger partial charge in [-0.25, -0.2) is 0 Å². The molecule has 0 atom stereocenters. The highest BCUT2D eigenvalue weighted by Gasteiger charge is 2.16. The largest absolute Gasteiger partial charge is 0.490 e. The van der Waals surface area contributed by atoms with E-state index in [0.717, 1.165) is 11.3 Å². The first kappa shape index (κ1) is 20.5. The number of carbonyl (C=O) groups is 1. The zero-order valence-electron chi connectivity index (χ0n) is 17.0. The van der Waals surface area contributed by atoms with Crippen molar-refractivity contribution in [3.8, 4) is 5.75 Å². The molecule has 0 unspecified atom stereocenters. The number of aromatic nitrogens is 3. The van der Waals surface area contributed by atoms with Crippen LogP contribution in [0.3, 0.4) is 0 Å². The van der Waals surface area contributed by atoms with Crippen LogP contribution in [0.5, 0.6) is 5.75 Å². The first-order chi connectivity index (χ1) is 14.9. The van der Waals surface area contributed by atoms with Crippen molar-refractivity contribution in [3.05, 3.63) is 80.3 Å².